The normalized spacial score (nSPS) is 15.8. The Hall–Kier alpha value is -6.96. The number of aliphatic hydroxyl groups is 1. The van der Waals surface area contributed by atoms with Gasteiger partial charge in [-0.15, -0.1) is 11.3 Å². The number of aryl methyl sites for hydroxylation is 2. The van der Waals surface area contributed by atoms with Crippen LogP contribution in [0.3, 0.4) is 0 Å². The van der Waals surface area contributed by atoms with Crippen molar-refractivity contribution < 1.29 is 52.7 Å². The second-order valence-corrected chi connectivity index (χ2v) is 25.0. The van der Waals surface area contributed by atoms with Gasteiger partial charge >= 0.3 is 0 Å². The first-order chi connectivity index (χ1) is 44.2. The van der Waals surface area contributed by atoms with Crippen LogP contribution in [-0.2, 0) is 62.3 Å². The summed E-state index contributed by atoms with van der Waals surface area (Å²) in [4.78, 5) is 79.0. The van der Waals surface area contributed by atoms with Crippen LogP contribution in [0.2, 0.25) is 0 Å². The molecule has 0 aliphatic carbocycles. The molecule has 0 unspecified atom stereocenters. The number of anilines is 1. The van der Waals surface area contributed by atoms with Crippen molar-refractivity contribution >= 4 is 40.7 Å². The molecular formula is C69H92N10O11S. The molecule has 3 aromatic carbocycles. The van der Waals surface area contributed by atoms with Crippen LogP contribution in [0.25, 0.3) is 21.7 Å². The van der Waals surface area contributed by atoms with Gasteiger partial charge in [0.1, 0.15) is 24.5 Å². The number of rotatable bonds is 37. The Morgan fingerprint density at radius 3 is 2.00 bits per heavy atom. The van der Waals surface area contributed by atoms with Gasteiger partial charge in [-0.25, -0.2) is 15.0 Å². The number of pyridine rings is 1. The Bertz CT molecular complexity index is 3180. The summed E-state index contributed by atoms with van der Waals surface area (Å²) in [7, 11) is 0. The van der Waals surface area contributed by atoms with Crippen LogP contribution in [0.15, 0.2) is 109 Å². The Balaban J connectivity index is 0.565. The molecule has 2 aliphatic heterocycles. The average Bonchev–Trinajstić information content (AvgIpc) is 1.93. The zero-order valence-corrected chi connectivity index (χ0v) is 54.4. The van der Waals surface area contributed by atoms with Crippen molar-refractivity contribution in [2.45, 2.75) is 104 Å². The minimum Gasteiger partial charge on any atom is -0.391 e. The van der Waals surface area contributed by atoms with Crippen LogP contribution in [0.1, 0.15) is 97.0 Å². The molecule has 6 aromatic rings. The number of thiazole rings is 1. The highest BCUT2D eigenvalue weighted by molar-refractivity contribution is 7.13. The lowest BCUT2D eigenvalue weighted by atomic mass is 9.85. The summed E-state index contributed by atoms with van der Waals surface area (Å²) < 4.78 is 33.7. The Morgan fingerprint density at radius 2 is 1.35 bits per heavy atom. The van der Waals surface area contributed by atoms with E-state index in [1.54, 1.807) is 29.9 Å². The predicted octanol–water partition coefficient (Wildman–Crippen LogP) is 7.71. The molecule has 3 atom stereocenters. The van der Waals surface area contributed by atoms with Gasteiger partial charge in [-0.3, -0.25) is 29.1 Å². The monoisotopic (exact) mass is 1270 g/mol. The van der Waals surface area contributed by atoms with Gasteiger partial charge in [-0.2, -0.15) is 0 Å². The Morgan fingerprint density at radius 1 is 0.703 bits per heavy atom. The number of carbonyl (C=O) groups is 4. The number of unbranched alkanes of at least 4 members (excludes halogenated alkanes) is 3. The molecule has 22 heteroatoms. The molecule has 490 valence electrons. The minimum absolute atomic E-state index is 0.0138. The summed E-state index contributed by atoms with van der Waals surface area (Å²) >= 11 is 1.57. The average molecular weight is 1270 g/mol. The number of hydrogen-bond donors (Lipinski definition) is 4. The maximum absolute atomic E-state index is 14.0. The zero-order chi connectivity index (χ0) is 64.2. The van der Waals surface area contributed by atoms with E-state index in [0.29, 0.717) is 70.7 Å². The van der Waals surface area contributed by atoms with Gasteiger partial charge in [0.2, 0.25) is 17.7 Å². The second kappa shape index (κ2) is 36.9. The fraction of sp³-hybridized carbons (Fsp3) is 0.507. The molecule has 2 saturated heterocycles. The SMILES string of the molecule is Cc1ccc(NC(=O)c2ccc(CN3CCN(CCCCCCOCCOCCOCCOCCOCCOCC(=O)N[C@H](C(=O)N4C[C@H](O)C[C@H]4C(=O)NCc4ccc(-c5scnc5C)cc4)C(C)(C)C)CC3)cc2)cc1Cc1nccc(-c2cccnc2)n1. The molecule has 4 amide bonds. The molecule has 2 aliphatic rings. The number of hydrogen-bond acceptors (Lipinski definition) is 18. The third kappa shape index (κ3) is 23.3. The van der Waals surface area contributed by atoms with Crippen LogP contribution in [0.5, 0.6) is 0 Å². The number of nitrogens with zero attached hydrogens (tertiary/aromatic N) is 7. The molecule has 21 nitrogen and oxygen atoms in total. The van der Waals surface area contributed by atoms with Gasteiger partial charge < -0.3 is 59.3 Å². The lowest BCUT2D eigenvalue weighted by Gasteiger charge is -2.35. The fourth-order valence-corrected chi connectivity index (χ4v) is 11.6. The summed E-state index contributed by atoms with van der Waals surface area (Å²) in [5.74, 6) is -0.720. The molecule has 91 heavy (non-hydrogen) atoms. The van der Waals surface area contributed by atoms with E-state index in [-0.39, 0.29) is 51.1 Å². The summed E-state index contributed by atoms with van der Waals surface area (Å²) in [6, 6.07) is 25.7. The molecular weight excluding hydrogens is 1180 g/mol. The molecule has 0 bridgehead atoms. The van der Waals surface area contributed by atoms with Gasteiger partial charge in [0.25, 0.3) is 5.91 Å². The molecule has 5 heterocycles. The summed E-state index contributed by atoms with van der Waals surface area (Å²) in [6.45, 7) is 20.4. The Labute approximate surface area is 540 Å². The van der Waals surface area contributed by atoms with Crippen LogP contribution < -0.4 is 16.0 Å². The highest BCUT2D eigenvalue weighted by Crippen LogP contribution is 2.29. The van der Waals surface area contributed by atoms with Crippen LogP contribution in [0.4, 0.5) is 5.69 Å². The largest absolute Gasteiger partial charge is 0.391 e. The molecule has 0 radical (unpaired) electrons. The highest BCUT2D eigenvalue weighted by Gasteiger charge is 2.44. The molecule has 0 saturated carbocycles. The summed E-state index contributed by atoms with van der Waals surface area (Å²) in [6.07, 6.45) is 9.64. The number of aliphatic hydroxyl groups excluding tert-OH is 1. The second-order valence-electron chi connectivity index (χ2n) is 24.2. The van der Waals surface area contributed by atoms with E-state index in [0.717, 1.165) is 108 Å². The van der Waals surface area contributed by atoms with Gasteiger partial charge in [0.05, 0.1) is 93.9 Å². The van der Waals surface area contributed by atoms with Gasteiger partial charge in [-0.1, -0.05) is 76.1 Å². The van der Waals surface area contributed by atoms with Crippen molar-refractivity contribution in [2.24, 2.45) is 5.41 Å². The number of benzene rings is 3. The predicted molar refractivity (Wildman–Crippen MR) is 350 cm³/mol. The summed E-state index contributed by atoms with van der Waals surface area (Å²) in [5.41, 5.74) is 10.5. The quantitative estimate of drug-likeness (QED) is 0.0273. The first kappa shape index (κ1) is 69.9. The van der Waals surface area contributed by atoms with E-state index in [1.807, 2.05) is 106 Å². The van der Waals surface area contributed by atoms with Crippen molar-refractivity contribution in [3.05, 3.63) is 148 Å². The van der Waals surface area contributed by atoms with Crippen molar-refractivity contribution in [3.63, 3.8) is 0 Å². The number of ether oxygens (including phenoxy) is 6. The van der Waals surface area contributed by atoms with Crippen molar-refractivity contribution in [1.82, 2.24) is 45.3 Å². The Kier molecular flexibility index (Phi) is 28.4. The fourth-order valence-electron chi connectivity index (χ4n) is 10.8. The van der Waals surface area contributed by atoms with E-state index in [9.17, 15) is 24.3 Å². The van der Waals surface area contributed by atoms with Crippen LogP contribution >= 0.6 is 11.3 Å². The first-order valence-electron chi connectivity index (χ1n) is 31.8. The molecule has 2 fully saturated rings. The lowest BCUT2D eigenvalue weighted by Crippen LogP contribution is -2.58. The van der Waals surface area contributed by atoms with Crippen molar-refractivity contribution in [1.29, 1.82) is 0 Å². The van der Waals surface area contributed by atoms with E-state index in [4.69, 9.17) is 33.4 Å². The third-order valence-corrected chi connectivity index (χ3v) is 17.0. The van der Waals surface area contributed by atoms with E-state index < -0.39 is 35.4 Å². The van der Waals surface area contributed by atoms with Gasteiger partial charge in [0, 0.05) is 101 Å². The first-order valence-corrected chi connectivity index (χ1v) is 32.7. The maximum Gasteiger partial charge on any atom is 0.255 e. The minimum atomic E-state index is -0.961. The number of carbonyl (C=O) groups excluding carboxylic acids is 4. The maximum atomic E-state index is 14.0. The molecule has 0 spiro atoms. The number of likely N-dealkylation sites (tertiary alicyclic amines) is 1. The third-order valence-electron chi connectivity index (χ3n) is 16.0. The van der Waals surface area contributed by atoms with Crippen molar-refractivity contribution in [2.75, 3.05) is 124 Å². The molecule has 3 aromatic heterocycles. The van der Waals surface area contributed by atoms with Crippen LogP contribution in [0, 0.1) is 19.3 Å². The van der Waals surface area contributed by atoms with Crippen LogP contribution in [-0.4, -0.2) is 200 Å². The smallest absolute Gasteiger partial charge is 0.255 e. The highest BCUT2D eigenvalue weighted by atomic mass is 32.1. The lowest BCUT2D eigenvalue weighted by molar-refractivity contribution is -0.144. The molecule has 8 rings (SSSR count). The number of amides is 4. The van der Waals surface area contributed by atoms with E-state index in [1.165, 1.54) is 23.3 Å². The number of aromatic nitrogens is 4. The van der Waals surface area contributed by atoms with E-state index >= 15 is 0 Å². The van der Waals surface area contributed by atoms with Gasteiger partial charge in [0.15, 0.2) is 0 Å². The standard InChI is InChI=1S/C69H92N10O11S/c1-50-12-21-58(41-57(50)42-62-71-24-22-60(75-62)56-11-10-23-70-45-56)74-66(82)55-19-15-53(16-20-55)46-78-28-26-77(27-29-78)25-8-6-7-9-30-85-31-32-86-33-34-87-35-36-88-37-38-89-39-40-90-48-63(81)76-65(69(3,4)5)68(84)79-47-59(80)43-61(79)67(83)72-44-52-13-17-54(18-14-52)64-51(2)73-49-91-64/h10-24,41,45,49,59,61,65,80H,6-9,25-40,42-44,46-48H2,1-5H3,(H,72,83)(H,74,82)(H,76,81)/t59-,61+,65-/m1/s1. The topological polar surface area (TPSA) is 241 Å². The zero-order valence-electron chi connectivity index (χ0n) is 53.6. The number of nitrogens with one attached hydrogen (secondary N) is 3. The van der Waals surface area contributed by atoms with Gasteiger partial charge in [-0.05, 0) is 109 Å². The van der Waals surface area contributed by atoms with E-state index in [2.05, 4.69) is 59.8 Å². The number of β-amino-alcohol motifs (C(OH)–C–C–N with tert-alkyl or cyclic N) is 1. The molecule has 4 N–H and O–H groups in total. The summed E-state index contributed by atoms with van der Waals surface area (Å²) in [5, 5.41) is 19.4. The van der Waals surface area contributed by atoms with Crippen molar-refractivity contribution in [3.8, 4) is 21.7 Å². The number of piperazine rings is 1.